The summed E-state index contributed by atoms with van der Waals surface area (Å²) < 4.78 is 11.5. The van der Waals surface area contributed by atoms with Crippen molar-refractivity contribution in [3.63, 3.8) is 0 Å². The predicted octanol–water partition coefficient (Wildman–Crippen LogP) is 4.61. The van der Waals surface area contributed by atoms with E-state index in [1.807, 2.05) is 19.9 Å². The highest BCUT2D eigenvalue weighted by atomic mass is 16.5. The zero-order valence-corrected chi connectivity index (χ0v) is 19.2. The lowest BCUT2D eigenvalue weighted by atomic mass is 9.90. The van der Waals surface area contributed by atoms with Gasteiger partial charge in [0.15, 0.2) is 5.60 Å². The van der Waals surface area contributed by atoms with Crippen LogP contribution >= 0.6 is 0 Å². The van der Waals surface area contributed by atoms with E-state index < -0.39 is 5.60 Å². The number of rotatable bonds is 3. The molecule has 5 nitrogen and oxygen atoms in total. The van der Waals surface area contributed by atoms with Crippen molar-refractivity contribution in [1.29, 1.82) is 0 Å². The molecule has 0 bridgehead atoms. The summed E-state index contributed by atoms with van der Waals surface area (Å²) in [5.41, 5.74) is 6.92. The van der Waals surface area contributed by atoms with Crippen LogP contribution in [0.3, 0.4) is 0 Å². The molecule has 2 aromatic rings. The van der Waals surface area contributed by atoms with Crippen LogP contribution in [0.25, 0.3) is 0 Å². The van der Waals surface area contributed by atoms with Crippen molar-refractivity contribution < 1.29 is 14.3 Å². The maximum atomic E-state index is 13.0. The number of benzene rings is 2. The first-order chi connectivity index (χ1) is 14.2. The minimum absolute atomic E-state index is 0.0895. The van der Waals surface area contributed by atoms with Gasteiger partial charge in [0.05, 0.1) is 12.7 Å². The van der Waals surface area contributed by atoms with Crippen LogP contribution in [0.15, 0.2) is 18.2 Å². The van der Waals surface area contributed by atoms with Crippen molar-refractivity contribution in [3.8, 4) is 11.5 Å². The van der Waals surface area contributed by atoms with Crippen LogP contribution < -0.4 is 19.3 Å². The minimum atomic E-state index is -0.784. The summed E-state index contributed by atoms with van der Waals surface area (Å²) >= 11 is 0. The molecule has 0 unspecified atom stereocenters. The van der Waals surface area contributed by atoms with E-state index >= 15 is 0 Å². The van der Waals surface area contributed by atoms with Crippen LogP contribution in [-0.2, 0) is 0 Å². The van der Waals surface area contributed by atoms with Crippen molar-refractivity contribution in [3.05, 3.63) is 46.0 Å². The summed E-state index contributed by atoms with van der Waals surface area (Å²) in [6, 6.07) is 6.38. The lowest BCUT2D eigenvalue weighted by molar-refractivity contribution is 0.0683. The van der Waals surface area contributed by atoms with Gasteiger partial charge in [-0.3, -0.25) is 4.79 Å². The Bertz CT molecular complexity index is 1020. The van der Waals surface area contributed by atoms with Gasteiger partial charge in [-0.05, 0) is 82.0 Å². The van der Waals surface area contributed by atoms with Crippen LogP contribution in [0.4, 0.5) is 11.4 Å². The summed E-state index contributed by atoms with van der Waals surface area (Å²) in [5, 5.41) is 0. The fourth-order valence-electron chi connectivity index (χ4n) is 4.83. The van der Waals surface area contributed by atoms with E-state index in [0.717, 1.165) is 59.9 Å². The summed E-state index contributed by atoms with van der Waals surface area (Å²) in [4.78, 5) is 17.9. The topological polar surface area (TPSA) is 42.0 Å². The molecule has 0 aromatic heterocycles. The van der Waals surface area contributed by atoms with E-state index in [4.69, 9.17) is 9.47 Å². The van der Waals surface area contributed by atoms with Gasteiger partial charge in [-0.15, -0.1) is 0 Å². The van der Waals surface area contributed by atoms with Crippen molar-refractivity contribution >= 4 is 17.2 Å². The van der Waals surface area contributed by atoms with E-state index in [2.05, 4.69) is 49.6 Å². The molecular weight excluding hydrogens is 376 g/mol. The number of anilines is 2. The normalized spacial score (nSPS) is 17.8. The smallest absolute Gasteiger partial charge is 0.209 e. The number of carbonyl (C=O) groups excluding carboxylic acids is 1. The molecular formula is C25H32N2O3. The Kier molecular flexibility index (Phi) is 4.95. The highest BCUT2D eigenvalue weighted by Crippen LogP contribution is 2.45. The molecule has 30 heavy (non-hydrogen) atoms. The summed E-state index contributed by atoms with van der Waals surface area (Å²) in [6.45, 7) is 15.8. The molecule has 2 aliphatic heterocycles. The molecule has 0 radical (unpaired) electrons. The van der Waals surface area contributed by atoms with Gasteiger partial charge in [-0.25, -0.2) is 0 Å². The number of fused-ring (bicyclic) bond motifs is 1. The Labute approximate surface area is 179 Å². The molecule has 2 heterocycles. The number of ether oxygens (including phenoxy) is 2. The van der Waals surface area contributed by atoms with Crippen molar-refractivity contribution in [2.75, 3.05) is 43.1 Å². The van der Waals surface area contributed by atoms with Crippen LogP contribution in [0, 0.1) is 27.7 Å². The van der Waals surface area contributed by atoms with Crippen molar-refractivity contribution in [1.82, 2.24) is 0 Å². The first kappa shape index (κ1) is 20.6. The summed E-state index contributed by atoms with van der Waals surface area (Å²) in [5.74, 6) is 1.79. The van der Waals surface area contributed by atoms with Crippen LogP contribution in [-0.4, -0.2) is 44.7 Å². The van der Waals surface area contributed by atoms with Gasteiger partial charge in [0.2, 0.25) is 5.78 Å². The number of piperazine rings is 1. The Morgan fingerprint density at radius 3 is 2.17 bits per heavy atom. The molecule has 1 fully saturated rings. The molecule has 0 N–H and O–H groups in total. The van der Waals surface area contributed by atoms with Gasteiger partial charge in [0.1, 0.15) is 11.5 Å². The van der Waals surface area contributed by atoms with Gasteiger partial charge in [-0.2, -0.15) is 0 Å². The van der Waals surface area contributed by atoms with Gasteiger partial charge in [0.25, 0.3) is 0 Å². The number of hydrogen-bond donors (Lipinski definition) is 0. The average molecular weight is 409 g/mol. The molecule has 1 saturated heterocycles. The number of ketones is 1. The van der Waals surface area contributed by atoms with Crippen molar-refractivity contribution in [2.45, 2.75) is 47.1 Å². The molecule has 0 atom stereocenters. The van der Waals surface area contributed by atoms with Gasteiger partial charge < -0.3 is 19.3 Å². The van der Waals surface area contributed by atoms with Gasteiger partial charge in [-0.1, -0.05) is 0 Å². The van der Waals surface area contributed by atoms with E-state index in [9.17, 15) is 4.79 Å². The molecule has 0 spiro atoms. The van der Waals surface area contributed by atoms with E-state index in [-0.39, 0.29) is 5.78 Å². The number of carbonyl (C=O) groups is 1. The summed E-state index contributed by atoms with van der Waals surface area (Å²) in [7, 11) is 1.71. The maximum absolute atomic E-state index is 13.0. The molecule has 5 heteroatoms. The summed E-state index contributed by atoms with van der Waals surface area (Å²) in [6.07, 6.45) is 0. The Morgan fingerprint density at radius 2 is 1.57 bits per heavy atom. The van der Waals surface area contributed by atoms with Crippen LogP contribution in [0.2, 0.25) is 0 Å². The van der Waals surface area contributed by atoms with E-state index in [0.29, 0.717) is 0 Å². The standard InChI is InChI=1S/C25H32N2O3/c1-15-14-19(8-9-20(15)29-7)26-10-12-27(13-11-26)22-16(2)17(3)23-21(18(22)4)24(28)25(5,6)30-23/h8-9,14H,10-13H2,1-7H3. The highest BCUT2D eigenvalue weighted by Gasteiger charge is 2.43. The fourth-order valence-corrected chi connectivity index (χ4v) is 4.83. The first-order valence-electron chi connectivity index (χ1n) is 10.7. The molecule has 160 valence electrons. The third-order valence-corrected chi connectivity index (χ3v) is 6.69. The van der Waals surface area contributed by atoms with Crippen LogP contribution in [0.1, 0.15) is 46.5 Å². The Hall–Kier alpha value is -2.69. The number of nitrogens with zero attached hydrogens (tertiary/aromatic N) is 2. The first-order valence-corrected chi connectivity index (χ1v) is 10.7. The van der Waals surface area contributed by atoms with E-state index in [1.54, 1.807) is 7.11 Å². The number of aryl methyl sites for hydroxylation is 1. The molecule has 4 rings (SSSR count). The lowest BCUT2D eigenvalue weighted by Gasteiger charge is -2.39. The van der Waals surface area contributed by atoms with Crippen LogP contribution in [0.5, 0.6) is 11.5 Å². The second-order valence-electron chi connectivity index (χ2n) is 9.00. The van der Waals surface area contributed by atoms with Crippen molar-refractivity contribution in [2.24, 2.45) is 0 Å². The monoisotopic (exact) mass is 408 g/mol. The molecule has 2 aliphatic rings. The fraction of sp³-hybridized carbons (Fsp3) is 0.480. The largest absolute Gasteiger partial charge is 0.496 e. The second-order valence-corrected chi connectivity index (χ2v) is 9.00. The molecule has 0 saturated carbocycles. The highest BCUT2D eigenvalue weighted by molar-refractivity contribution is 6.10. The second kappa shape index (κ2) is 7.22. The predicted molar refractivity (Wildman–Crippen MR) is 122 cm³/mol. The number of hydrogen-bond acceptors (Lipinski definition) is 5. The zero-order chi connectivity index (χ0) is 21.8. The third kappa shape index (κ3) is 3.11. The average Bonchev–Trinajstić information content (AvgIpc) is 2.96. The number of Topliss-reactive ketones (excluding diaryl/α,β-unsaturated/α-hetero) is 1. The van der Waals surface area contributed by atoms with Gasteiger partial charge >= 0.3 is 0 Å². The van der Waals surface area contributed by atoms with Gasteiger partial charge in [0, 0.05) is 37.6 Å². The molecule has 2 aromatic carbocycles. The molecule has 0 amide bonds. The lowest BCUT2D eigenvalue weighted by Crippen LogP contribution is -2.47. The van der Waals surface area contributed by atoms with E-state index in [1.165, 1.54) is 16.9 Å². The Morgan fingerprint density at radius 1 is 0.933 bits per heavy atom. The quantitative estimate of drug-likeness (QED) is 0.742. The molecule has 0 aliphatic carbocycles. The minimum Gasteiger partial charge on any atom is -0.496 e. The maximum Gasteiger partial charge on any atom is 0.209 e. The SMILES string of the molecule is COc1ccc(N2CCN(c3c(C)c(C)c4c(c3C)C(=O)C(C)(C)O4)CC2)cc1C. The zero-order valence-electron chi connectivity index (χ0n) is 19.2. The number of methoxy groups -OCH3 is 1. The third-order valence-electron chi connectivity index (χ3n) is 6.69. The Balaban J connectivity index is 1.60.